The predicted octanol–water partition coefficient (Wildman–Crippen LogP) is 0.941. The van der Waals surface area contributed by atoms with Gasteiger partial charge in [0.25, 0.3) is 0 Å². The molecular weight excluding hydrogens is 496 g/mol. The molecule has 37 heavy (non-hydrogen) atoms. The first-order chi connectivity index (χ1) is 17.2. The van der Waals surface area contributed by atoms with Gasteiger partial charge in [0.05, 0.1) is 6.61 Å². The van der Waals surface area contributed by atoms with E-state index >= 15 is 0 Å². The second kappa shape index (κ2) is 10.7. The van der Waals surface area contributed by atoms with Crippen LogP contribution in [0.4, 0.5) is 0 Å². The van der Waals surface area contributed by atoms with Crippen LogP contribution < -0.4 is 0 Å². The second-order valence-corrected chi connectivity index (χ2v) is 10.4. The Morgan fingerprint density at radius 2 is 1.35 bits per heavy atom. The summed E-state index contributed by atoms with van der Waals surface area (Å²) in [6, 6.07) is 0. The van der Waals surface area contributed by atoms with Gasteiger partial charge in [-0.1, -0.05) is 0 Å². The highest BCUT2D eigenvalue weighted by Crippen LogP contribution is 2.44. The van der Waals surface area contributed by atoms with Crippen molar-refractivity contribution in [2.45, 2.75) is 122 Å². The number of hydrogen-bond donors (Lipinski definition) is 0. The van der Waals surface area contributed by atoms with Gasteiger partial charge in [0.1, 0.15) is 43.2 Å². The van der Waals surface area contributed by atoms with Crippen LogP contribution in [0.3, 0.4) is 0 Å². The maximum absolute atomic E-state index is 11.8. The highest BCUT2D eigenvalue weighted by molar-refractivity contribution is 5.67. The highest BCUT2D eigenvalue weighted by Gasteiger charge is 2.61. The molecule has 210 valence electrons. The van der Waals surface area contributed by atoms with Crippen molar-refractivity contribution in [3.05, 3.63) is 0 Å². The molecule has 4 saturated heterocycles. The van der Waals surface area contributed by atoms with Gasteiger partial charge >= 0.3 is 17.9 Å². The Balaban J connectivity index is 1.47. The maximum Gasteiger partial charge on any atom is 0.303 e. The van der Waals surface area contributed by atoms with E-state index in [1.54, 1.807) is 13.8 Å². The minimum absolute atomic E-state index is 0.0175. The van der Waals surface area contributed by atoms with Crippen molar-refractivity contribution >= 4 is 17.9 Å². The first kappa shape index (κ1) is 28.1. The highest BCUT2D eigenvalue weighted by atomic mass is 16.9. The molecule has 0 bridgehead atoms. The normalized spacial score (nSPS) is 39.8. The van der Waals surface area contributed by atoms with Crippen molar-refractivity contribution in [3.63, 3.8) is 0 Å². The van der Waals surface area contributed by atoms with Gasteiger partial charge in [0, 0.05) is 27.2 Å². The summed E-state index contributed by atoms with van der Waals surface area (Å²) in [4.78, 5) is 34.9. The minimum Gasteiger partial charge on any atom is -0.463 e. The Hall–Kier alpha value is -1.87. The van der Waals surface area contributed by atoms with Gasteiger partial charge in [-0.3, -0.25) is 14.4 Å². The minimum atomic E-state index is -0.990. The lowest BCUT2D eigenvalue weighted by molar-refractivity contribution is -0.288. The quantitative estimate of drug-likeness (QED) is 0.339. The third-order valence-electron chi connectivity index (χ3n) is 6.25. The van der Waals surface area contributed by atoms with Crippen LogP contribution in [0.1, 0.15) is 54.9 Å². The lowest BCUT2D eigenvalue weighted by atomic mass is 9.99. The van der Waals surface area contributed by atoms with E-state index in [1.807, 2.05) is 13.8 Å². The summed E-state index contributed by atoms with van der Waals surface area (Å²) in [6.07, 6.45) is -6.36. The molecule has 4 heterocycles. The van der Waals surface area contributed by atoms with Gasteiger partial charge in [-0.2, -0.15) is 0 Å². The molecule has 0 aromatic carbocycles. The first-order valence-corrected chi connectivity index (χ1v) is 12.3. The average molecular weight is 533 g/mol. The Bertz CT molecular complexity index is 873. The zero-order valence-corrected chi connectivity index (χ0v) is 22.1. The van der Waals surface area contributed by atoms with Crippen molar-refractivity contribution in [2.75, 3.05) is 13.2 Å². The van der Waals surface area contributed by atoms with Gasteiger partial charge in [-0.25, -0.2) is 0 Å². The number of carbonyl (C=O) groups excluding carboxylic acids is 3. The Labute approximate surface area is 215 Å². The van der Waals surface area contributed by atoms with E-state index in [0.717, 1.165) is 0 Å². The monoisotopic (exact) mass is 532 g/mol. The molecule has 4 aliphatic rings. The third kappa shape index (κ3) is 6.77. The molecule has 13 nitrogen and oxygen atoms in total. The van der Waals surface area contributed by atoms with E-state index in [-0.39, 0.29) is 19.6 Å². The van der Waals surface area contributed by atoms with Gasteiger partial charge in [-0.15, -0.1) is 0 Å². The molecule has 9 unspecified atom stereocenters. The third-order valence-corrected chi connectivity index (χ3v) is 6.25. The van der Waals surface area contributed by atoms with Crippen molar-refractivity contribution < 1.29 is 61.8 Å². The Morgan fingerprint density at radius 3 is 2.00 bits per heavy atom. The van der Waals surface area contributed by atoms with E-state index in [1.165, 1.54) is 20.8 Å². The molecule has 0 N–H and O–H groups in total. The zero-order valence-electron chi connectivity index (χ0n) is 22.1. The molecule has 0 radical (unpaired) electrons. The standard InChI is InChI=1S/C24H36O13/c1-11(25)28-9-15-18(31-13(3)27)14(30-12(2)26)8-17(32-15)29-10-16-19-20(35-23(4,5)34-19)21-22(33-16)37-24(6,7)36-21/h14-22H,8-10H2,1-7H3. The molecule has 4 rings (SSSR count). The van der Waals surface area contributed by atoms with Crippen molar-refractivity contribution in [1.29, 1.82) is 0 Å². The predicted molar refractivity (Wildman–Crippen MR) is 119 cm³/mol. The van der Waals surface area contributed by atoms with Crippen LogP contribution in [0.5, 0.6) is 0 Å². The van der Waals surface area contributed by atoms with Gasteiger partial charge in [0.2, 0.25) is 0 Å². The van der Waals surface area contributed by atoms with E-state index < -0.39 is 84.8 Å². The number of hydrogen-bond acceptors (Lipinski definition) is 13. The number of carbonyl (C=O) groups is 3. The lowest BCUT2D eigenvalue weighted by Gasteiger charge is -2.41. The van der Waals surface area contributed by atoms with Crippen LogP contribution in [0.25, 0.3) is 0 Å². The van der Waals surface area contributed by atoms with Crippen LogP contribution in [0.15, 0.2) is 0 Å². The molecule has 13 heteroatoms. The molecule has 4 aliphatic heterocycles. The van der Waals surface area contributed by atoms with E-state index in [0.29, 0.717) is 0 Å². The summed E-state index contributed by atoms with van der Waals surface area (Å²) in [6.45, 7) is 10.7. The van der Waals surface area contributed by atoms with Crippen molar-refractivity contribution in [3.8, 4) is 0 Å². The van der Waals surface area contributed by atoms with E-state index in [2.05, 4.69) is 0 Å². The largest absolute Gasteiger partial charge is 0.463 e. The lowest BCUT2D eigenvalue weighted by Crippen LogP contribution is -2.57. The molecule has 0 spiro atoms. The van der Waals surface area contributed by atoms with Crippen LogP contribution in [-0.4, -0.2) is 98.0 Å². The van der Waals surface area contributed by atoms with E-state index in [4.69, 9.17) is 47.4 Å². The molecule has 0 amide bonds. The SMILES string of the molecule is CC(=O)OCC1OC(OCC2OC3OC(C)(C)OC3C3OC(C)(C)OC23)CC(OC(C)=O)C1OC(C)=O. The number of ether oxygens (including phenoxy) is 10. The number of esters is 3. The maximum atomic E-state index is 11.8. The smallest absolute Gasteiger partial charge is 0.303 e. The summed E-state index contributed by atoms with van der Waals surface area (Å²) < 4.78 is 58.2. The molecule has 0 aliphatic carbocycles. The molecule has 0 saturated carbocycles. The zero-order chi connectivity index (χ0) is 27.1. The fourth-order valence-electron chi connectivity index (χ4n) is 5.03. The fourth-order valence-corrected chi connectivity index (χ4v) is 5.03. The van der Waals surface area contributed by atoms with Gasteiger partial charge < -0.3 is 47.4 Å². The average Bonchev–Trinajstić information content (AvgIpc) is 3.25. The number of fused-ring (bicyclic) bond motifs is 3. The fraction of sp³-hybridized carbons (Fsp3) is 0.875. The Morgan fingerprint density at radius 1 is 0.730 bits per heavy atom. The summed E-state index contributed by atoms with van der Waals surface area (Å²) >= 11 is 0. The summed E-state index contributed by atoms with van der Waals surface area (Å²) in [5, 5.41) is 0. The van der Waals surface area contributed by atoms with Gasteiger partial charge in [0.15, 0.2) is 30.3 Å². The molecule has 9 atom stereocenters. The summed E-state index contributed by atoms with van der Waals surface area (Å²) in [5.74, 6) is -3.44. The summed E-state index contributed by atoms with van der Waals surface area (Å²) in [7, 11) is 0. The topological polar surface area (TPSA) is 144 Å². The molecular formula is C24H36O13. The van der Waals surface area contributed by atoms with Crippen LogP contribution in [0.2, 0.25) is 0 Å². The summed E-state index contributed by atoms with van der Waals surface area (Å²) in [5.41, 5.74) is 0. The molecule has 0 aromatic heterocycles. The number of rotatable bonds is 7. The molecule has 4 fully saturated rings. The van der Waals surface area contributed by atoms with E-state index in [9.17, 15) is 14.4 Å². The van der Waals surface area contributed by atoms with Crippen LogP contribution in [0, 0.1) is 0 Å². The van der Waals surface area contributed by atoms with Crippen molar-refractivity contribution in [2.24, 2.45) is 0 Å². The van der Waals surface area contributed by atoms with Crippen molar-refractivity contribution in [1.82, 2.24) is 0 Å². The van der Waals surface area contributed by atoms with Crippen LogP contribution in [-0.2, 0) is 61.8 Å². The van der Waals surface area contributed by atoms with Gasteiger partial charge in [-0.05, 0) is 27.7 Å². The molecule has 0 aromatic rings. The first-order valence-electron chi connectivity index (χ1n) is 12.3. The Kier molecular flexibility index (Phi) is 8.15. The van der Waals surface area contributed by atoms with Crippen LogP contribution >= 0.6 is 0 Å². The second-order valence-electron chi connectivity index (χ2n) is 10.4.